The summed E-state index contributed by atoms with van der Waals surface area (Å²) >= 11 is 9.70. The largest absolute Gasteiger partial charge is 0.496 e. The van der Waals surface area contributed by atoms with Gasteiger partial charge in [0, 0.05) is 22.9 Å². The number of hydrogen-bond acceptors (Lipinski definition) is 5. The molecule has 35 heavy (non-hydrogen) atoms. The van der Waals surface area contributed by atoms with E-state index in [1.807, 2.05) is 42.5 Å². The molecule has 5 aromatic rings. The zero-order valence-corrected chi connectivity index (χ0v) is 20.8. The molecule has 0 aliphatic rings. The van der Waals surface area contributed by atoms with Crippen LogP contribution in [0.4, 0.5) is 5.69 Å². The average Bonchev–Trinajstić information content (AvgIpc) is 3.50. The van der Waals surface area contributed by atoms with Crippen LogP contribution in [-0.4, -0.2) is 18.0 Å². The average molecular weight is 550 g/mol. The van der Waals surface area contributed by atoms with E-state index in [-0.39, 0.29) is 5.91 Å². The maximum Gasteiger partial charge on any atom is 0.248 e. The van der Waals surface area contributed by atoms with Crippen molar-refractivity contribution in [1.29, 1.82) is 0 Å². The number of amides is 1. The van der Waals surface area contributed by atoms with E-state index < -0.39 is 0 Å². The zero-order chi connectivity index (χ0) is 24.4. The topological polar surface area (TPSA) is 77.5 Å². The molecule has 2 heterocycles. The molecule has 0 saturated heterocycles. The van der Waals surface area contributed by atoms with Gasteiger partial charge in [-0.3, -0.25) is 4.79 Å². The van der Waals surface area contributed by atoms with Crippen LogP contribution in [0.2, 0.25) is 5.02 Å². The lowest BCUT2D eigenvalue weighted by atomic mass is 10.2. The summed E-state index contributed by atoms with van der Waals surface area (Å²) in [6.45, 7) is 0. The van der Waals surface area contributed by atoms with E-state index in [0.717, 1.165) is 21.3 Å². The molecule has 0 saturated carbocycles. The summed E-state index contributed by atoms with van der Waals surface area (Å²) in [7, 11) is 1.61. The van der Waals surface area contributed by atoms with E-state index >= 15 is 0 Å². The Labute approximate surface area is 214 Å². The highest BCUT2D eigenvalue weighted by Gasteiger charge is 2.12. The van der Waals surface area contributed by atoms with Crippen LogP contribution in [0.1, 0.15) is 5.76 Å². The fourth-order valence-electron chi connectivity index (χ4n) is 3.52. The molecule has 0 radical (unpaired) electrons. The van der Waals surface area contributed by atoms with Gasteiger partial charge in [-0.15, -0.1) is 0 Å². The Hall–Kier alpha value is -3.81. The first kappa shape index (κ1) is 23.0. The molecule has 0 fully saturated rings. The van der Waals surface area contributed by atoms with E-state index in [2.05, 4.69) is 26.2 Å². The molecular weight excluding hydrogens is 532 g/mol. The highest BCUT2D eigenvalue weighted by molar-refractivity contribution is 9.10. The molecule has 0 spiro atoms. The maximum atomic E-state index is 12.5. The molecule has 0 atom stereocenters. The minimum atomic E-state index is -0.303. The quantitative estimate of drug-likeness (QED) is 0.218. The maximum absolute atomic E-state index is 12.5. The van der Waals surface area contributed by atoms with Gasteiger partial charge in [0.1, 0.15) is 22.8 Å². The van der Waals surface area contributed by atoms with Crippen molar-refractivity contribution in [1.82, 2.24) is 4.98 Å². The summed E-state index contributed by atoms with van der Waals surface area (Å²) in [4.78, 5) is 17.0. The highest BCUT2D eigenvalue weighted by atomic mass is 79.9. The van der Waals surface area contributed by atoms with Crippen molar-refractivity contribution >= 4 is 56.3 Å². The van der Waals surface area contributed by atoms with Crippen molar-refractivity contribution < 1.29 is 18.4 Å². The molecule has 5 rings (SSSR count). The first-order valence-corrected chi connectivity index (χ1v) is 11.8. The number of fused-ring (bicyclic) bond motifs is 1. The molecule has 1 N–H and O–H groups in total. The molecule has 174 valence electrons. The van der Waals surface area contributed by atoms with Crippen LogP contribution in [-0.2, 0) is 4.79 Å². The number of nitrogens with one attached hydrogen (secondary N) is 1. The minimum Gasteiger partial charge on any atom is -0.496 e. The number of hydrogen-bond donors (Lipinski definition) is 1. The fourth-order valence-corrected chi connectivity index (χ4v) is 4.29. The van der Waals surface area contributed by atoms with Crippen molar-refractivity contribution in [2.24, 2.45) is 0 Å². The fraction of sp³-hybridized carbons (Fsp3) is 0.0370. The number of oxazole rings is 1. The molecule has 0 bridgehead atoms. The van der Waals surface area contributed by atoms with E-state index in [0.29, 0.717) is 39.2 Å². The van der Waals surface area contributed by atoms with Gasteiger partial charge >= 0.3 is 0 Å². The third kappa shape index (κ3) is 5.01. The molecule has 0 unspecified atom stereocenters. The molecule has 2 aromatic heterocycles. The van der Waals surface area contributed by atoms with E-state index in [9.17, 15) is 4.79 Å². The second-order valence-electron chi connectivity index (χ2n) is 7.56. The highest BCUT2D eigenvalue weighted by Crippen LogP contribution is 2.32. The van der Waals surface area contributed by atoms with Crippen LogP contribution in [0.15, 0.2) is 92.2 Å². The lowest BCUT2D eigenvalue weighted by molar-refractivity contribution is -0.111. The number of aromatic nitrogens is 1. The van der Waals surface area contributed by atoms with Crippen molar-refractivity contribution in [2.45, 2.75) is 0 Å². The third-order valence-corrected chi connectivity index (χ3v) is 6.17. The van der Waals surface area contributed by atoms with Gasteiger partial charge in [0.2, 0.25) is 11.8 Å². The van der Waals surface area contributed by atoms with Gasteiger partial charge < -0.3 is 18.9 Å². The number of anilines is 1. The molecule has 6 nitrogen and oxygen atoms in total. The van der Waals surface area contributed by atoms with Crippen molar-refractivity contribution in [3.63, 3.8) is 0 Å². The Morgan fingerprint density at radius 2 is 1.91 bits per heavy atom. The normalized spacial score (nSPS) is 11.3. The van der Waals surface area contributed by atoms with Gasteiger partial charge in [-0.25, -0.2) is 4.98 Å². The number of ether oxygens (including phenoxy) is 1. The van der Waals surface area contributed by atoms with Crippen LogP contribution in [0.3, 0.4) is 0 Å². The first-order valence-electron chi connectivity index (χ1n) is 10.6. The van der Waals surface area contributed by atoms with Crippen molar-refractivity contribution in [3.05, 3.63) is 94.1 Å². The predicted octanol–water partition coefficient (Wildman–Crippen LogP) is 7.83. The molecule has 3 aromatic carbocycles. The smallest absolute Gasteiger partial charge is 0.248 e. The van der Waals surface area contributed by atoms with E-state index in [1.54, 1.807) is 43.5 Å². The van der Waals surface area contributed by atoms with E-state index in [4.69, 9.17) is 25.2 Å². The number of rotatable bonds is 6. The van der Waals surface area contributed by atoms with Crippen LogP contribution in [0, 0.1) is 0 Å². The summed E-state index contributed by atoms with van der Waals surface area (Å²) in [5.41, 5.74) is 3.43. The molecule has 1 amide bonds. The predicted molar refractivity (Wildman–Crippen MR) is 141 cm³/mol. The van der Waals surface area contributed by atoms with Crippen LogP contribution in [0.5, 0.6) is 5.75 Å². The van der Waals surface area contributed by atoms with Gasteiger partial charge in [-0.1, -0.05) is 23.7 Å². The molecule has 0 aliphatic carbocycles. The Balaban J connectivity index is 1.29. The van der Waals surface area contributed by atoms with Crippen molar-refractivity contribution in [3.8, 4) is 28.5 Å². The lowest BCUT2D eigenvalue weighted by Gasteiger charge is -2.03. The Morgan fingerprint density at radius 3 is 2.71 bits per heavy atom. The number of benzene rings is 3. The second kappa shape index (κ2) is 9.82. The van der Waals surface area contributed by atoms with Crippen LogP contribution in [0.25, 0.3) is 40.0 Å². The zero-order valence-electron chi connectivity index (χ0n) is 18.4. The Kier molecular flexibility index (Phi) is 6.44. The van der Waals surface area contributed by atoms with Gasteiger partial charge in [-0.05, 0) is 82.7 Å². The number of carbonyl (C=O) groups excluding carboxylic acids is 1. The Bertz CT molecular complexity index is 1570. The summed E-state index contributed by atoms with van der Waals surface area (Å²) in [5, 5.41) is 3.43. The van der Waals surface area contributed by atoms with Gasteiger partial charge in [0.15, 0.2) is 5.58 Å². The lowest BCUT2D eigenvalue weighted by Crippen LogP contribution is -2.07. The number of nitrogens with zero attached hydrogens (tertiary/aromatic N) is 1. The summed E-state index contributed by atoms with van der Waals surface area (Å²) in [6, 6.07) is 21.9. The van der Waals surface area contributed by atoms with Crippen LogP contribution >= 0.6 is 27.5 Å². The summed E-state index contributed by atoms with van der Waals surface area (Å²) in [5.74, 6) is 2.06. The van der Waals surface area contributed by atoms with Crippen molar-refractivity contribution in [2.75, 3.05) is 12.4 Å². The number of halogens is 2. The van der Waals surface area contributed by atoms with Crippen LogP contribution < -0.4 is 10.1 Å². The monoisotopic (exact) mass is 548 g/mol. The minimum absolute atomic E-state index is 0.303. The van der Waals surface area contributed by atoms with E-state index in [1.165, 1.54) is 6.08 Å². The summed E-state index contributed by atoms with van der Waals surface area (Å²) in [6.07, 6.45) is 3.01. The SMILES string of the molecule is COc1ccc(-c2nc3cc(NC(=O)/C=C/c4ccc(-c5ccccc5Cl)o4)ccc3o2)cc1Br. The van der Waals surface area contributed by atoms with Gasteiger partial charge in [0.05, 0.1) is 16.6 Å². The van der Waals surface area contributed by atoms with Gasteiger partial charge in [-0.2, -0.15) is 0 Å². The van der Waals surface area contributed by atoms with Gasteiger partial charge in [0.25, 0.3) is 0 Å². The second-order valence-corrected chi connectivity index (χ2v) is 8.82. The third-order valence-electron chi connectivity index (χ3n) is 5.22. The molecule has 0 aliphatic heterocycles. The standard InChI is InChI=1S/C27H18BrClN2O4/c1-33-24-10-6-16(14-20(24)28)27-31-22-15-17(7-11-25(22)35-27)30-26(32)13-9-18-8-12-23(34-18)19-4-2-3-5-21(19)29/h2-15H,1H3,(H,30,32)/b13-9+. The molecule has 8 heteroatoms. The number of furan rings is 1. The summed E-state index contributed by atoms with van der Waals surface area (Å²) < 4.78 is 17.7. The first-order chi connectivity index (χ1) is 17.0. The molecular formula is C27H18BrClN2O4. The Morgan fingerprint density at radius 1 is 1.06 bits per heavy atom. The number of carbonyl (C=O) groups is 1. The number of methoxy groups -OCH3 is 1.